The summed E-state index contributed by atoms with van der Waals surface area (Å²) in [7, 11) is 0. The highest BCUT2D eigenvalue weighted by Crippen LogP contribution is 2.38. The number of aromatic nitrogens is 3. The first-order valence-electron chi connectivity index (χ1n) is 10.8. The van der Waals surface area contributed by atoms with E-state index in [0.717, 1.165) is 36.5 Å². The number of fused-ring (bicyclic) bond motifs is 2. The predicted octanol–water partition coefficient (Wildman–Crippen LogP) is 4.30. The van der Waals surface area contributed by atoms with E-state index in [2.05, 4.69) is 43.3 Å². The van der Waals surface area contributed by atoms with Crippen molar-refractivity contribution >= 4 is 35.9 Å². The first-order chi connectivity index (χ1) is 15.2. The van der Waals surface area contributed by atoms with E-state index in [1.54, 1.807) is 18.6 Å². The van der Waals surface area contributed by atoms with Crippen molar-refractivity contribution in [3.8, 4) is 6.07 Å². The monoisotopic (exact) mass is 416 g/mol. The molecule has 2 aromatic rings. The second kappa shape index (κ2) is 9.67. The fourth-order valence-corrected chi connectivity index (χ4v) is 4.80. The summed E-state index contributed by atoms with van der Waals surface area (Å²) in [6.45, 7) is 6.61. The van der Waals surface area contributed by atoms with Gasteiger partial charge in [0.25, 0.3) is 0 Å². The number of nitrogens with zero attached hydrogens (tertiary/aromatic N) is 6. The maximum Gasteiger partial charge on any atom is 0.150 e. The zero-order valence-electron chi connectivity index (χ0n) is 17.8. The van der Waals surface area contributed by atoms with Crippen LogP contribution in [0.25, 0.3) is 6.08 Å². The Morgan fingerprint density at radius 2 is 2.10 bits per heavy atom. The lowest BCUT2D eigenvalue weighted by Gasteiger charge is -2.39. The minimum atomic E-state index is 0.330. The van der Waals surface area contributed by atoms with E-state index in [1.165, 1.54) is 12.8 Å². The summed E-state index contributed by atoms with van der Waals surface area (Å²) < 4.78 is 0. The van der Waals surface area contributed by atoms with Gasteiger partial charge in [0, 0.05) is 55.1 Å². The highest BCUT2D eigenvalue weighted by atomic mass is 15.2. The van der Waals surface area contributed by atoms with Crippen LogP contribution in [-0.4, -0.2) is 51.2 Å². The molecule has 0 spiro atoms. The smallest absolute Gasteiger partial charge is 0.150 e. The molecule has 2 aromatic heterocycles. The maximum absolute atomic E-state index is 8.97. The van der Waals surface area contributed by atoms with Gasteiger partial charge in [-0.25, -0.2) is 9.97 Å². The minimum absolute atomic E-state index is 0.330. The summed E-state index contributed by atoms with van der Waals surface area (Å²) in [5, 5.41) is 15.9. The van der Waals surface area contributed by atoms with Gasteiger partial charge in [-0.3, -0.25) is 14.9 Å². The molecule has 0 unspecified atom stereocenters. The molecule has 2 bridgehead atoms. The summed E-state index contributed by atoms with van der Waals surface area (Å²) >= 11 is 0. The van der Waals surface area contributed by atoms with E-state index in [4.69, 9.17) is 10.2 Å². The van der Waals surface area contributed by atoms with Crippen LogP contribution in [0.4, 0.5) is 23.1 Å². The van der Waals surface area contributed by atoms with Crippen LogP contribution in [-0.2, 0) is 0 Å². The maximum atomic E-state index is 8.97. The number of aliphatic imine (C=N–C) groups is 1. The number of anilines is 3. The molecule has 2 fully saturated rings. The Balaban J connectivity index is 1.57. The van der Waals surface area contributed by atoms with Crippen molar-refractivity contribution in [3.63, 3.8) is 0 Å². The van der Waals surface area contributed by atoms with Gasteiger partial charge in [0.2, 0.25) is 0 Å². The number of piperidine rings is 1. The second-order valence-corrected chi connectivity index (χ2v) is 8.01. The number of nitrogens with one attached hydrogen (secondary N) is 2. The lowest BCUT2D eigenvalue weighted by molar-refractivity contribution is 0.135. The lowest BCUT2D eigenvalue weighted by atomic mass is 9.96. The standard InChI is InChI=1S/C23H28N8/c1-3-5-19-20(25-2)14-21(29-22-15-26-9-10-27-22)30-23(19)28-16-12-17-6-7-18(13-16)31(17)11-4-8-24/h3,5,9-10,14-18H,2,4,6-7,11-13H2,1H3,(H2,27,28,29,30)/b5-3-/t16-,17-,18+. The van der Waals surface area contributed by atoms with Crippen molar-refractivity contribution in [2.75, 3.05) is 17.2 Å². The molecule has 0 aliphatic carbocycles. The van der Waals surface area contributed by atoms with E-state index in [9.17, 15) is 0 Å². The van der Waals surface area contributed by atoms with Gasteiger partial charge in [0.05, 0.1) is 18.0 Å². The molecule has 160 valence electrons. The summed E-state index contributed by atoms with van der Waals surface area (Å²) in [5.74, 6) is 2.07. The number of rotatable bonds is 8. The Kier molecular flexibility index (Phi) is 6.53. The molecular weight excluding hydrogens is 388 g/mol. The van der Waals surface area contributed by atoms with Crippen LogP contribution in [0.2, 0.25) is 0 Å². The van der Waals surface area contributed by atoms with Crippen LogP contribution < -0.4 is 10.6 Å². The van der Waals surface area contributed by atoms with Crippen molar-refractivity contribution in [3.05, 3.63) is 36.3 Å². The van der Waals surface area contributed by atoms with Crippen LogP contribution in [0.5, 0.6) is 0 Å². The van der Waals surface area contributed by atoms with Crippen molar-refractivity contribution in [1.82, 2.24) is 19.9 Å². The first kappa shape index (κ1) is 20.9. The van der Waals surface area contributed by atoms with Crippen LogP contribution in [0.3, 0.4) is 0 Å². The van der Waals surface area contributed by atoms with Crippen LogP contribution in [0, 0.1) is 11.3 Å². The molecular formula is C23H28N8. The van der Waals surface area contributed by atoms with Gasteiger partial charge in [-0.1, -0.05) is 12.2 Å². The summed E-state index contributed by atoms with van der Waals surface area (Å²) in [5.41, 5.74) is 1.69. The second-order valence-electron chi connectivity index (χ2n) is 8.01. The molecule has 0 radical (unpaired) electrons. The lowest BCUT2D eigenvalue weighted by Crippen LogP contribution is -2.47. The van der Waals surface area contributed by atoms with Gasteiger partial charge in [-0.15, -0.1) is 0 Å². The molecule has 2 saturated heterocycles. The van der Waals surface area contributed by atoms with Gasteiger partial charge in [0.1, 0.15) is 17.5 Å². The van der Waals surface area contributed by atoms with E-state index >= 15 is 0 Å². The van der Waals surface area contributed by atoms with Gasteiger partial charge in [-0.05, 0) is 39.3 Å². The fraction of sp³-hybridized carbons (Fsp3) is 0.435. The fourth-order valence-electron chi connectivity index (χ4n) is 4.80. The Hall–Kier alpha value is -3.31. The molecule has 31 heavy (non-hydrogen) atoms. The van der Waals surface area contributed by atoms with Gasteiger partial charge in [0.15, 0.2) is 0 Å². The van der Waals surface area contributed by atoms with Gasteiger partial charge in [-0.2, -0.15) is 5.26 Å². The number of allylic oxidation sites excluding steroid dienone is 1. The molecule has 2 aliphatic heterocycles. The van der Waals surface area contributed by atoms with E-state index in [1.807, 2.05) is 25.1 Å². The van der Waals surface area contributed by atoms with Crippen molar-refractivity contribution in [2.45, 2.75) is 57.2 Å². The van der Waals surface area contributed by atoms with Crippen molar-refractivity contribution in [1.29, 1.82) is 5.26 Å². The Morgan fingerprint density at radius 1 is 1.29 bits per heavy atom. The van der Waals surface area contributed by atoms with Crippen LogP contribution in [0.15, 0.2) is 35.7 Å². The molecule has 2 aliphatic rings. The number of hydrogen-bond donors (Lipinski definition) is 2. The van der Waals surface area contributed by atoms with Gasteiger partial charge >= 0.3 is 0 Å². The number of hydrogen-bond acceptors (Lipinski definition) is 8. The highest BCUT2D eigenvalue weighted by molar-refractivity contribution is 5.78. The van der Waals surface area contributed by atoms with E-state index in [-0.39, 0.29) is 0 Å². The molecule has 4 rings (SSSR count). The zero-order chi connectivity index (χ0) is 21.6. The minimum Gasteiger partial charge on any atom is -0.367 e. The quantitative estimate of drug-likeness (QED) is 0.619. The third kappa shape index (κ3) is 4.72. The topological polar surface area (TPSA) is 102 Å². The molecule has 2 N–H and O–H groups in total. The molecule has 3 atom stereocenters. The third-order valence-electron chi connectivity index (χ3n) is 6.07. The average Bonchev–Trinajstić information content (AvgIpc) is 3.02. The SMILES string of the molecule is C=Nc1cc(Nc2cnccn2)nc(N[C@@H]2C[C@H]3CC[C@@H](C2)N3CCC#N)c1/C=C\C. The van der Waals surface area contributed by atoms with E-state index < -0.39 is 0 Å². The normalized spacial score (nSPS) is 22.9. The Morgan fingerprint density at radius 3 is 2.74 bits per heavy atom. The first-order valence-corrected chi connectivity index (χ1v) is 10.8. The van der Waals surface area contributed by atoms with Crippen LogP contribution in [0.1, 0.15) is 44.6 Å². The molecule has 0 aromatic carbocycles. The van der Waals surface area contributed by atoms with Crippen molar-refractivity contribution < 1.29 is 0 Å². The zero-order valence-corrected chi connectivity index (χ0v) is 17.8. The number of pyridine rings is 1. The predicted molar refractivity (Wildman–Crippen MR) is 124 cm³/mol. The van der Waals surface area contributed by atoms with Crippen LogP contribution >= 0.6 is 0 Å². The number of nitriles is 1. The summed E-state index contributed by atoms with van der Waals surface area (Å²) in [6, 6.07) is 5.56. The third-order valence-corrected chi connectivity index (χ3v) is 6.07. The molecule has 8 nitrogen and oxygen atoms in total. The van der Waals surface area contributed by atoms with E-state index in [0.29, 0.717) is 36.2 Å². The Bertz CT molecular complexity index is 967. The van der Waals surface area contributed by atoms with Crippen molar-refractivity contribution in [2.24, 2.45) is 4.99 Å². The van der Waals surface area contributed by atoms with Gasteiger partial charge < -0.3 is 10.6 Å². The summed E-state index contributed by atoms with van der Waals surface area (Å²) in [4.78, 5) is 20.0. The Labute approximate surface area is 183 Å². The molecule has 8 heteroatoms. The molecule has 0 amide bonds. The summed E-state index contributed by atoms with van der Waals surface area (Å²) in [6.07, 6.45) is 14.0. The average molecular weight is 417 g/mol. The highest BCUT2D eigenvalue weighted by Gasteiger charge is 2.40. The largest absolute Gasteiger partial charge is 0.367 e. The molecule has 0 saturated carbocycles. The molecule has 4 heterocycles.